The van der Waals surface area contributed by atoms with Crippen LogP contribution in [0.1, 0.15) is 12.0 Å². The Bertz CT molecular complexity index is 713. The van der Waals surface area contributed by atoms with E-state index in [1.54, 1.807) is 7.11 Å². The van der Waals surface area contributed by atoms with Crippen LogP contribution in [0.2, 0.25) is 0 Å². The first-order chi connectivity index (χ1) is 13.3. The van der Waals surface area contributed by atoms with Gasteiger partial charge in [-0.25, -0.2) is 0 Å². The summed E-state index contributed by atoms with van der Waals surface area (Å²) in [5.74, 6) is 1.04. The van der Waals surface area contributed by atoms with Gasteiger partial charge in [-0.2, -0.15) is 0 Å². The number of ether oxygens (including phenoxy) is 1. The molecular formula is C22H29N3O2. The van der Waals surface area contributed by atoms with Crippen LogP contribution in [0.25, 0.3) is 0 Å². The number of nitrogens with one attached hydrogen (secondary N) is 1. The van der Waals surface area contributed by atoms with Crippen LogP contribution in [0.4, 0.5) is 5.69 Å². The van der Waals surface area contributed by atoms with Crippen molar-refractivity contribution in [3.05, 3.63) is 60.2 Å². The van der Waals surface area contributed by atoms with E-state index < -0.39 is 0 Å². The van der Waals surface area contributed by atoms with Gasteiger partial charge in [0.15, 0.2) is 0 Å². The summed E-state index contributed by atoms with van der Waals surface area (Å²) in [6.45, 7) is 5.83. The number of para-hydroxylation sites is 2. The van der Waals surface area contributed by atoms with Gasteiger partial charge in [-0.05, 0) is 30.7 Å². The van der Waals surface area contributed by atoms with E-state index in [0.717, 1.165) is 57.0 Å². The van der Waals surface area contributed by atoms with Crippen molar-refractivity contribution in [3.8, 4) is 5.75 Å². The fraction of sp³-hybridized carbons (Fsp3) is 0.409. The van der Waals surface area contributed by atoms with Gasteiger partial charge in [0.1, 0.15) is 5.75 Å². The van der Waals surface area contributed by atoms with Crippen LogP contribution in [0.3, 0.4) is 0 Å². The molecular weight excluding hydrogens is 338 g/mol. The number of benzene rings is 2. The van der Waals surface area contributed by atoms with Crippen molar-refractivity contribution < 1.29 is 9.53 Å². The summed E-state index contributed by atoms with van der Waals surface area (Å²) in [6, 6.07) is 18.1. The molecule has 0 bridgehead atoms. The van der Waals surface area contributed by atoms with Crippen LogP contribution < -0.4 is 15.0 Å². The van der Waals surface area contributed by atoms with Crippen molar-refractivity contribution >= 4 is 11.6 Å². The number of anilines is 1. The second-order valence-corrected chi connectivity index (χ2v) is 6.87. The standard InChI is InChI=1S/C22H29N3O2/c1-27-21-11-6-5-10-20(21)25-16-14-24(15-17-25)13-7-12-23-22(26)18-19-8-3-2-4-9-19/h2-6,8-11H,7,12-18H2,1H3,(H,23,26). The largest absolute Gasteiger partial charge is 0.495 e. The van der Waals surface area contributed by atoms with Gasteiger partial charge >= 0.3 is 0 Å². The molecule has 5 nitrogen and oxygen atoms in total. The average molecular weight is 367 g/mol. The van der Waals surface area contributed by atoms with Crippen molar-refractivity contribution in [1.82, 2.24) is 10.2 Å². The van der Waals surface area contributed by atoms with E-state index in [9.17, 15) is 4.79 Å². The molecule has 0 aromatic heterocycles. The van der Waals surface area contributed by atoms with E-state index in [2.05, 4.69) is 27.2 Å². The average Bonchev–Trinajstić information content (AvgIpc) is 2.72. The van der Waals surface area contributed by atoms with Gasteiger partial charge in [0, 0.05) is 32.7 Å². The maximum absolute atomic E-state index is 12.0. The van der Waals surface area contributed by atoms with Crippen molar-refractivity contribution in [2.75, 3.05) is 51.3 Å². The molecule has 1 saturated heterocycles. The summed E-state index contributed by atoms with van der Waals surface area (Å²) >= 11 is 0. The van der Waals surface area contributed by atoms with Gasteiger partial charge in [0.05, 0.1) is 19.2 Å². The predicted octanol–water partition coefficient (Wildman–Crippen LogP) is 2.57. The Kier molecular flexibility index (Phi) is 7.11. The second-order valence-electron chi connectivity index (χ2n) is 6.87. The minimum atomic E-state index is 0.0993. The number of nitrogens with zero attached hydrogens (tertiary/aromatic N) is 2. The van der Waals surface area contributed by atoms with Gasteiger partial charge in [0.25, 0.3) is 0 Å². The molecule has 0 aliphatic carbocycles. The quantitative estimate of drug-likeness (QED) is 0.729. The second kappa shape index (κ2) is 9.97. The van der Waals surface area contributed by atoms with E-state index in [1.807, 2.05) is 42.5 Å². The lowest BCUT2D eigenvalue weighted by molar-refractivity contribution is -0.120. The number of hydrogen-bond acceptors (Lipinski definition) is 4. The smallest absolute Gasteiger partial charge is 0.224 e. The first kappa shape index (κ1) is 19.2. The monoisotopic (exact) mass is 367 g/mol. The van der Waals surface area contributed by atoms with Gasteiger partial charge in [-0.1, -0.05) is 42.5 Å². The number of carbonyl (C=O) groups is 1. The number of carbonyl (C=O) groups excluding carboxylic acids is 1. The SMILES string of the molecule is COc1ccccc1N1CCN(CCCNC(=O)Cc2ccccc2)CC1. The lowest BCUT2D eigenvalue weighted by atomic mass is 10.1. The van der Waals surface area contributed by atoms with Crippen molar-refractivity contribution in [3.63, 3.8) is 0 Å². The fourth-order valence-corrected chi connectivity index (χ4v) is 3.48. The molecule has 1 aliphatic heterocycles. The summed E-state index contributed by atoms with van der Waals surface area (Å²) in [5.41, 5.74) is 2.23. The number of hydrogen-bond donors (Lipinski definition) is 1. The highest BCUT2D eigenvalue weighted by Crippen LogP contribution is 2.28. The predicted molar refractivity (Wildman–Crippen MR) is 109 cm³/mol. The molecule has 0 atom stereocenters. The molecule has 3 rings (SSSR count). The number of methoxy groups -OCH3 is 1. The summed E-state index contributed by atoms with van der Waals surface area (Å²) in [7, 11) is 1.72. The normalized spacial score (nSPS) is 14.8. The Labute approximate surface area is 161 Å². The van der Waals surface area contributed by atoms with Gasteiger partial charge in [-0.15, -0.1) is 0 Å². The molecule has 1 heterocycles. The van der Waals surface area contributed by atoms with Crippen LogP contribution in [0.5, 0.6) is 5.75 Å². The minimum absolute atomic E-state index is 0.0993. The number of amides is 1. The van der Waals surface area contributed by atoms with E-state index in [0.29, 0.717) is 6.42 Å². The van der Waals surface area contributed by atoms with Gasteiger partial charge in [0.2, 0.25) is 5.91 Å². The summed E-state index contributed by atoms with van der Waals surface area (Å²) in [4.78, 5) is 16.8. The first-order valence-corrected chi connectivity index (χ1v) is 9.67. The first-order valence-electron chi connectivity index (χ1n) is 9.67. The van der Waals surface area contributed by atoms with Gasteiger partial charge in [-0.3, -0.25) is 9.69 Å². The molecule has 27 heavy (non-hydrogen) atoms. The zero-order valence-corrected chi connectivity index (χ0v) is 16.1. The summed E-state index contributed by atoms with van der Waals surface area (Å²) < 4.78 is 5.47. The van der Waals surface area contributed by atoms with E-state index >= 15 is 0 Å². The fourth-order valence-electron chi connectivity index (χ4n) is 3.48. The molecule has 144 valence electrons. The number of rotatable bonds is 8. The van der Waals surface area contributed by atoms with Crippen LogP contribution >= 0.6 is 0 Å². The van der Waals surface area contributed by atoms with Gasteiger partial charge < -0.3 is 15.0 Å². The molecule has 1 aliphatic rings. The Morgan fingerprint density at radius 3 is 2.44 bits per heavy atom. The molecule has 2 aromatic carbocycles. The Morgan fingerprint density at radius 1 is 1.00 bits per heavy atom. The highest BCUT2D eigenvalue weighted by molar-refractivity contribution is 5.78. The van der Waals surface area contributed by atoms with Crippen LogP contribution in [-0.2, 0) is 11.2 Å². The van der Waals surface area contributed by atoms with Crippen LogP contribution in [0, 0.1) is 0 Å². The lowest BCUT2D eigenvalue weighted by Crippen LogP contribution is -2.47. The Morgan fingerprint density at radius 2 is 1.70 bits per heavy atom. The maximum atomic E-state index is 12.0. The summed E-state index contributed by atoms with van der Waals surface area (Å²) in [6.07, 6.45) is 1.44. The van der Waals surface area contributed by atoms with E-state index in [1.165, 1.54) is 5.69 Å². The van der Waals surface area contributed by atoms with Crippen molar-refractivity contribution in [2.45, 2.75) is 12.8 Å². The lowest BCUT2D eigenvalue weighted by Gasteiger charge is -2.36. The molecule has 0 radical (unpaired) electrons. The molecule has 0 unspecified atom stereocenters. The maximum Gasteiger partial charge on any atom is 0.224 e. The molecule has 1 amide bonds. The molecule has 5 heteroatoms. The van der Waals surface area contributed by atoms with Crippen molar-refractivity contribution in [2.24, 2.45) is 0 Å². The third kappa shape index (κ3) is 5.73. The third-order valence-electron chi connectivity index (χ3n) is 4.98. The molecule has 2 aromatic rings. The Hall–Kier alpha value is -2.53. The topological polar surface area (TPSA) is 44.8 Å². The van der Waals surface area contributed by atoms with E-state index in [-0.39, 0.29) is 5.91 Å². The number of piperazine rings is 1. The van der Waals surface area contributed by atoms with Crippen LogP contribution in [-0.4, -0.2) is 57.2 Å². The molecule has 0 spiro atoms. The third-order valence-corrected chi connectivity index (χ3v) is 4.98. The van der Waals surface area contributed by atoms with Crippen molar-refractivity contribution in [1.29, 1.82) is 0 Å². The minimum Gasteiger partial charge on any atom is -0.495 e. The Balaban J connectivity index is 1.33. The molecule has 1 N–H and O–H groups in total. The zero-order valence-electron chi connectivity index (χ0n) is 16.1. The molecule has 0 saturated carbocycles. The highest BCUT2D eigenvalue weighted by Gasteiger charge is 2.19. The highest BCUT2D eigenvalue weighted by atomic mass is 16.5. The zero-order chi connectivity index (χ0) is 18.9. The molecule has 1 fully saturated rings. The van der Waals surface area contributed by atoms with E-state index in [4.69, 9.17) is 4.74 Å². The van der Waals surface area contributed by atoms with Crippen LogP contribution in [0.15, 0.2) is 54.6 Å². The summed E-state index contributed by atoms with van der Waals surface area (Å²) in [5, 5.41) is 3.03.